The van der Waals surface area contributed by atoms with Crippen LogP contribution in [0.5, 0.6) is 0 Å². The van der Waals surface area contributed by atoms with Gasteiger partial charge in [-0.25, -0.2) is 0 Å². The fourth-order valence-corrected chi connectivity index (χ4v) is 2.50. The lowest BCUT2D eigenvalue weighted by atomic mass is 9.76. The van der Waals surface area contributed by atoms with E-state index in [-0.39, 0.29) is 12.5 Å². The molecule has 0 saturated heterocycles. The van der Waals surface area contributed by atoms with E-state index >= 15 is 0 Å². The summed E-state index contributed by atoms with van der Waals surface area (Å²) in [5.74, 6) is 0.394. The van der Waals surface area contributed by atoms with E-state index in [1.165, 1.54) is 6.42 Å². The number of amides is 1. The second-order valence-electron chi connectivity index (χ2n) is 5.87. The molecule has 0 aromatic carbocycles. The summed E-state index contributed by atoms with van der Waals surface area (Å²) in [6.45, 7) is 5.80. The monoisotopic (exact) mass is 242 g/mol. The first-order chi connectivity index (χ1) is 7.85. The van der Waals surface area contributed by atoms with E-state index in [2.05, 4.69) is 12.2 Å². The number of rotatable bonds is 4. The molecule has 3 unspecified atom stereocenters. The summed E-state index contributed by atoms with van der Waals surface area (Å²) in [4.78, 5) is 12.1. The van der Waals surface area contributed by atoms with Gasteiger partial charge in [0.1, 0.15) is 0 Å². The Hall–Kier alpha value is -0.610. The molecule has 1 saturated carbocycles. The molecule has 0 spiro atoms. The molecule has 17 heavy (non-hydrogen) atoms. The van der Waals surface area contributed by atoms with Crippen LogP contribution in [-0.4, -0.2) is 28.7 Å². The lowest BCUT2D eigenvalue weighted by Gasteiger charge is -2.41. The second-order valence-corrected chi connectivity index (χ2v) is 5.87. The highest BCUT2D eigenvalue weighted by Crippen LogP contribution is 2.32. The first kappa shape index (κ1) is 14.5. The van der Waals surface area contributed by atoms with Gasteiger partial charge in [0.2, 0.25) is 5.91 Å². The summed E-state index contributed by atoms with van der Waals surface area (Å²) in [7, 11) is 0. The Kier molecular flexibility index (Phi) is 4.55. The van der Waals surface area contributed by atoms with E-state index in [1.807, 2.05) is 6.92 Å². The molecule has 0 aromatic heterocycles. The van der Waals surface area contributed by atoms with Crippen LogP contribution in [0.4, 0.5) is 0 Å². The minimum Gasteiger partial charge on any atom is -0.394 e. The van der Waals surface area contributed by atoms with Crippen molar-refractivity contribution in [2.45, 2.75) is 64.0 Å². The summed E-state index contributed by atoms with van der Waals surface area (Å²) < 4.78 is 0. The van der Waals surface area contributed by atoms with Crippen molar-refractivity contribution in [2.75, 3.05) is 6.61 Å². The predicted molar refractivity (Wildman–Crippen MR) is 68.5 cm³/mol. The zero-order valence-electron chi connectivity index (χ0n) is 11.3. The third kappa shape index (κ3) is 3.42. The highest BCUT2D eigenvalue weighted by Gasteiger charge is 2.39. The summed E-state index contributed by atoms with van der Waals surface area (Å²) in [5.41, 5.74) is 4.63. The molecule has 1 aliphatic carbocycles. The molecule has 1 amide bonds. The van der Waals surface area contributed by atoms with Crippen molar-refractivity contribution in [1.29, 1.82) is 0 Å². The molecule has 0 heterocycles. The number of aliphatic hydroxyl groups is 1. The summed E-state index contributed by atoms with van der Waals surface area (Å²) in [5, 5.41) is 12.6. The molecule has 4 nitrogen and oxygen atoms in total. The highest BCUT2D eigenvalue weighted by atomic mass is 16.3. The summed E-state index contributed by atoms with van der Waals surface area (Å²) in [6, 6.07) is 0. The summed E-state index contributed by atoms with van der Waals surface area (Å²) >= 11 is 0. The van der Waals surface area contributed by atoms with E-state index in [9.17, 15) is 9.90 Å². The maximum absolute atomic E-state index is 12.1. The zero-order valence-corrected chi connectivity index (χ0v) is 11.3. The van der Waals surface area contributed by atoms with Gasteiger partial charge < -0.3 is 16.2 Å². The van der Waals surface area contributed by atoms with E-state index < -0.39 is 11.1 Å². The van der Waals surface area contributed by atoms with Crippen LogP contribution in [0.3, 0.4) is 0 Å². The van der Waals surface area contributed by atoms with Crippen molar-refractivity contribution in [2.24, 2.45) is 11.7 Å². The lowest BCUT2D eigenvalue weighted by Crippen LogP contribution is -2.61. The highest BCUT2D eigenvalue weighted by molar-refractivity contribution is 5.86. The van der Waals surface area contributed by atoms with Gasteiger partial charge in [-0.15, -0.1) is 0 Å². The molecule has 0 bridgehead atoms. The molecule has 0 aliphatic heterocycles. The minimum atomic E-state index is -0.844. The van der Waals surface area contributed by atoms with Gasteiger partial charge >= 0.3 is 0 Å². The molecule has 0 aromatic rings. The fraction of sp³-hybridized carbons (Fsp3) is 0.923. The van der Waals surface area contributed by atoms with Gasteiger partial charge in [-0.3, -0.25) is 4.79 Å². The molecule has 4 N–H and O–H groups in total. The van der Waals surface area contributed by atoms with Crippen LogP contribution in [0.2, 0.25) is 0 Å². The Labute approximate surface area is 104 Å². The van der Waals surface area contributed by atoms with Crippen LogP contribution in [0, 0.1) is 5.92 Å². The first-order valence-corrected chi connectivity index (χ1v) is 6.57. The van der Waals surface area contributed by atoms with Crippen molar-refractivity contribution in [3.05, 3.63) is 0 Å². The number of nitrogens with two attached hydrogens (primary N) is 1. The van der Waals surface area contributed by atoms with Crippen LogP contribution in [-0.2, 0) is 4.79 Å². The number of aliphatic hydroxyl groups excluding tert-OH is 1. The largest absolute Gasteiger partial charge is 0.394 e. The van der Waals surface area contributed by atoms with Crippen LogP contribution in [0.1, 0.15) is 52.9 Å². The Morgan fingerprint density at radius 1 is 1.65 bits per heavy atom. The van der Waals surface area contributed by atoms with E-state index in [4.69, 9.17) is 5.73 Å². The SMILES string of the molecule is CCC(C)(N)C(=O)NC1(CO)CCCC(C)C1. The Balaban J connectivity index is 2.72. The van der Waals surface area contributed by atoms with Crippen molar-refractivity contribution in [3.63, 3.8) is 0 Å². The zero-order chi connectivity index (χ0) is 13.1. The number of hydrogen-bond acceptors (Lipinski definition) is 3. The normalized spacial score (nSPS) is 32.9. The van der Waals surface area contributed by atoms with Crippen molar-refractivity contribution < 1.29 is 9.90 Å². The average Bonchev–Trinajstić information content (AvgIpc) is 2.29. The van der Waals surface area contributed by atoms with Crippen molar-refractivity contribution in [3.8, 4) is 0 Å². The molecule has 1 rings (SSSR count). The molecule has 1 aliphatic rings. The summed E-state index contributed by atoms with van der Waals surface area (Å²) in [6.07, 6.45) is 4.50. The van der Waals surface area contributed by atoms with Gasteiger partial charge in [0.25, 0.3) is 0 Å². The molecular weight excluding hydrogens is 216 g/mol. The lowest BCUT2D eigenvalue weighted by molar-refractivity contribution is -0.129. The van der Waals surface area contributed by atoms with Crippen LogP contribution >= 0.6 is 0 Å². The molecule has 100 valence electrons. The maximum Gasteiger partial charge on any atom is 0.240 e. The number of nitrogens with one attached hydrogen (secondary N) is 1. The molecule has 1 fully saturated rings. The van der Waals surface area contributed by atoms with Crippen LogP contribution in [0.25, 0.3) is 0 Å². The van der Waals surface area contributed by atoms with Crippen molar-refractivity contribution >= 4 is 5.91 Å². The topological polar surface area (TPSA) is 75.4 Å². The predicted octanol–water partition coefficient (Wildman–Crippen LogP) is 1.17. The van der Waals surface area contributed by atoms with Gasteiger partial charge in [-0.1, -0.05) is 26.7 Å². The Morgan fingerprint density at radius 3 is 2.76 bits per heavy atom. The van der Waals surface area contributed by atoms with E-state index in [1.54, 1.807) is 6.92 Å². The maximum atomic E-state index is 12.1. The van der Waals surface area contributed by atoms with Gasteiger partial charge in [-0.2, -0.15) is 0 Å². The Bertz CT molecular complexity index is 279. The van der Waals surface area contributed by atoms with E-state index in [0.717, 1.165) is 19.3 Å². The smallest absolute Gasteiger partial charge is 0.240 e. The second kappa shape index (κ2) is 5.36. The average molecular weight is 242 g/mol. The molecule has 0 radical (unpaired) electrons. The first-order valence-electron chi connectivity index (χ1n) is 6.57. The van der Waals surface area contributed by atoms with Crippen LogP contribution in [0.15, 0.2) is 0 Å². The number of carbonyl (C=O) groups excluding carboxylic acids is 1. The molecule has 3 atom stereocenters. The minimum absolute atomic E-state index is 0.00285. The fourth-order valence-electron chi connectivity index (χ4n) is 2.50. The third-order valence-corrected chi connectivity index (χ3v) is 4.03. The number of hydrogen-bond donors (Lipinski definition) is 3. The van der Waals surface area contributed by atoms with Gasteiger partial charge in [0.05, 0.1) is 17.7 Å². The van der Waals surface area contributed by atoms with Gasteiger partial charge in [-0.05, 0) is 32.1 Å². The third-order valence-electron chi connectivity index (χ3n) is 4.03. The van der Waals surface area contributed by atoms with Crippen molar-refractivity contribution in [1.82, 2.24) is 5.32 Å². The van der Waals surface area contributed by atoms with E-state index in [0.29, 0.717) is 12.3 Å². The van der Waals surface area contributed by atoms with Crippen LogP contribution < -0.4 is 11.1 Å². The molecular formula is C13H26N2O2. The quantitative estimate of drug-likeness (QED) is 0.692. The van der Waals surface area contributed by atoms with Gasteiger partial charge in [0, 0.05) is 0 Å². The standard InChI is InChI=1S/C13H26N2O2/c1-4-12(3,14)11(17)15-13(9-16)7-5-6-10(2)8-13/h10,16H,4-9,14H2,1-3H3,(H,15,17). The van der Waals surface area contributed by atoms with Gasteiger partial charge in [0.15, 0.2) is 0 Å². The Morgan fingerprint density at radius 2 is 2.29 bits per heavy atom. The number of carbonyl (C=O) groups is 1. The molecule has 4 heteroatoms.